The first-order valence-corrected chi connectivity index (χ1v) is 10.3. The van der Waals surface area contributed by atoms with Crippen molar-refractivity contribution in [3.05, 3.63) is 0 Å². The van der Waals surface area contributed by atoms with Gasteiger partial charge in [0.2, 0.25) is 0 Å². The summed E-state index contributed by atoms with van der Waals surface area (Å²) in [6.07, 6.45) is 10.5. The molecule has 1 heterocycles. The number of ether oxygens (including phenoxy) is 2. The van der Waals surface area contributed by atoms with Gasteiger partial charge in [0, 0.05) is 24.2 Å². The van der Waals surface area contributed by atoms with Gasteiger partial charge in [-0.1, -0.05) is 13.8 Å². The first-order chi connectivity index (χ1) is 11.5. The topological polar surface area (TPSA) is 35.5 Å². The number of Topliss-reactive ketones (excluding diaryl/α,β-unsaturated/α-hetero) is 1. The molecule has 0 radical (unpaired) electrons. The lowest BCUT2D eigenvalue weighted by molar-refractivity contribution is -0.272. The molecule has 0 aromatic heterocycles. The van der Waals surface area contributed by atoms with E-state index < -0.39 is 0 Å². The maximum atomic E-state index is 12.5. The molecule has 6 atom stereocenters. The monoisotopic (exact) mass is 332 g/mol. The van der Waals surface area contributed by atoms with Gasteiger partial charge in [0.1, 0.15) is 5.78 Å². The molecule has 0 aromatic rings. The van der Waals surface area contributed by atoms with Crippen molar-refractivity contribution in [2.45, 2.75) is 77.4 Å². The van der Waals surface area contributed by atoms with Gasteiger partial charge >= 0.3 is 0 Å². The number of hydrogen-bond acceptors (Lipinski definition) is 3. The minimum atomic E-state index is -0.274. The van der Waals surface area contributed by atoms with Crippen molar-refractivity contribution in [1.82, 2.24) is 0 Å². The van der Waals surface area contributed by atoms with Crippen LogP contribution in [0.4, 0.5) is 0 Å². The molecule has 0 aromatic carbocycles. The van der Waals surface area contributed by atoms with Crippen LogP contribution >= 0.6 is 0 Å². The summed E-state index contributed by atoms with van der Waals surface area (Å²) in [4.78, 5) is 12.5. The standard InChI is InChI=1S/C21H32O3/c1-19-9-3-10-21(23-12-13-24-21)17(19)6-4-14-15-5-7-18(22)20(15,2)11-8-16(14)19/h14-17H,3-13H2,1-2H3/t14-,15-,16?,17?,19+,20-/m0/s1. The second kappa shape index (κ2) is 5.07. The van der Waals surface area contributed by atoms with E-state index in [0.717, 1.165) is 50.7 Å². The molecule has 1 spiro atoms. The van der Waals surface area contributed by atoms with E-state index in [-0.39, 0.29) is 11.2 Å². The summed E-state index contributed by atoms with van der Waals surface area (Å²) in [7, 11) is 0. The van der Waals surface area contributed by atoms with Crippen LogP contribution in [0.15, 0.2) is 0 Å². The zero-order valence-electron chi connectivity index (χ0n) is 15.3. The highest BCUT2D eigenvalue weighted by Gasteiger charge is 2.64. The third-order valence-electron chi connectivity index (χ3n) is 9.13. The Bertz CT molecular complexity index is 551. The Hall–Kier alpha value is -0.410. The molecule has 0 bridgehead atoms. The van der Waals surface area contributed by atoms with Gasteiger partial charge in [-0.25, -0.2) is 0 Å². The van der Waals surface area contributed by atoms with Gasteiger partial charge in [-0.2, -0.15) is 0 Å². The van der Waals surface area contributed by atoms with Crippen molar-refractivity contribution in [2.24, 2.45) is 34.5 Å². The molecule has 24 heavy (non-hydrogen) atoms. The Kier molecular flexibility index (Phi) is 3.34. The van der Waals surface area contributed by atoms with Gasteiger partial charge in [-0.05, 0) is 68.1 Å². The number of rotatable bonds is 0. The average molecular weight is 332 g/mol. The second-order valence-electron chi connectivity index (χ2n) is 9.79. The van der Waals surface area contributed by atoms with Crippen LogP contribution < -0.4 is 0 Å². The number of hydrogen-bond donors (Lipinski definition) is 0. The van der Waals surface area contributed by atoms with Crippen LogP contribution in [0.5, 0.6) is 0 Å². The predicted molar refractivity (Wildman–Crippen MR) is 91.4 cm³/mol. The molecule has 1 saturated heterocycles. The van der Waals surface area contributed by atoms with Crippen molar-refractivity contribution in [3.63, 3.8) is 0 Å². The molecule has 3 nitrogen and oxygen atoms in total. The Labute approximate surface area is 145 Å². The Morgan fingerprint density at radius 1 is 0.917 bits per heavy atom. The Balaban J connectivity index is 1.49. The fourth-order valence-corrected chi connectivity index (χ4v) is 8.02. The first kappa shape index (κ1) is 15.8. The number of fused-ring (bicyclic) bond motifs is 6. The smallest absolute Gasteiger partial charge is 0.171 e. The van der Waals surface area contributed by atoms with E-state index in [2.05, 4.69) is 13.8 Å². The molecule has 1 aliphatic heterocycles. The van der Waals surface area contributed by atoms with Crippen LogP contribution in [0.1, 0.15) is 71.6 Å². The summed E-state index contributed by atoms with van der Waals surface area (Å²) < 4.78 is 12.5. The minimum absolute atomic E-state index is 0.00290. The minimum Gasteiger partial charge on any atom is -0.347 e. The summed E-state index contributed by atoms with van der Waals surface area (Å²) in [5, 5.41) is 0. The maximum absolute atomic E-state index is 12.5. The third kappa shape index (κ3) is 1.84. The van der Waals surface area contributed by atoms with Gasteiger partial charge in [0.15, 0.2) is 5.79 Å². The summed E-state index contributed by atoms with van der Waals surface area (Å²) in [6.45, 7) is 6.37. The zero-order chi connectivity index (χ0) is 16.6. The fraction of sp³-hybridized carbons (Fsp3) is 0.952. The molecule has 0 amide bonds. The van der Waals surface area contributed by atoms with Crippen LogP contribution in [-0.2, 0) is 14.3 Å². The molecule has 2 unspecified atom stereocenters. The van der Waals surface area contributed by atoms with Crippen molar-refractivity contribution < 1.29 is 14.3 Å². The van der Waals surface area contributed by atoms with Crippen LogP contribution in [0, 0.1) is 34.5 Å². The van der Waals surface area contributed by atoms with Gasteiger partial charge in [0.05, 0.1) is 13.2 Å². The molecule has 0 N–H and O–H groups in total. The summed E-state index contributed by atoms with van der Waals surface area (Å²) in [6, 6.07) is 0. The number of ketones is 1. The van der Waals surface area contributed by atoms with E-state index in [1.807, 2.05) is 0 Å². The van der Waals surface area contributed by atoms with Gasteiger partial charge in [0.25, 0.3) is 0 Å². The van der Waals surface area contributed by atoms with Gasteiger partial charge < -0.3 is 9.47 Å². The quantitative estimate of drug-likeness (QED) is 0.662. The van der Waals surface area contributed by atoms with Crippen molar-refractivity contribution in [2.75, 3.05) is 13.2 Å². The maximum Gasteiger partial charge on any atom is 0.171 e. The lowest BCUT2D eigenvalue weighted by Gasteiger charge is -2.62. The first-order valence-electron chi connectivity index (χ1n) is 10.3. The lowest BCUT2D eigenvalue weighted by Crippen LogP contribution is -2.60. The summed E-state index contributed by atoms with van der Waals surface area (Å²) in [5.74, 6) is 3.01. The predicted octanol–water partition coefficient (Wildman–Crippen LogP) is 4.34. The number of carbonyl (C=O) groups is 1. The Morgan fingerprint density at radius 2 is 1.71 bits per heavy atom. The van der Waals surface area contributed by atoms with E-state index in [1.165, 1.54) is 32.1 Å². The molecule has 3 heteroatoms. The van der Waals surface area contributed by atoms with Crippen molar-refractivity contribution >= 4 is 5.78 Å². The molecule has 134 valence electrons. The van der Waals surface area contributed by atoms with E-state index >= 15 is 0 Å². The fourth-order valence-electron chi connectivity index (χ4n) is 8.02. The molecule has 4 aliphatic carbocycles. The highest BCUT2D eigenvalue weighted by Crippen LogP contribution is 2.67. The molecule has 4 saturated carbocycles. The van der Waals surface area contributed by atoms with Crippen LogP contribution in [0.3, 0.4) is 0 Å². The molecular weight excluding hydrogens is 300 g/mol. The molecule has 5 rings (SSSR count). The van der Waals surface area contributed by atoms with Crippen LogP contribution in [0.2, 0.25) is 0 Å². The number of carbonyl (C=O) groups excluding carboxylic acids is 1. The normalized spacial score (nSPS) is 52.8. The largest absolute Gasteiger partial charge is 0.347 e. The highest BCUT2D eigenvalue weighted by atomic mass is 16.7. The van der Waals surface area contributed by atoms with Gasteiger partial charge in [-0.15, -0.1) is 0 Å². The van der Waals surface area contributed by atoms with Crippen molar-refractivity contribution in [1.29, 1.82) is 0 Å². The SMILES string of the molecule is C[C@]12CCCC3(OCCO3)C1CC[C@@H]1C2CC[C@]2(C)C(=O)CC[C@@H]12. The lowest BCUT2D eigenvalue weighted by atomic mass is 9.44. The van der Waals surface area contributed by atoms with Crippen LogP contribution in [0.25, 0.3) is 0 Å². The average Bonchev–Trinajstić information content (AvgIpc) is 3.13. The highest BCUT2D eigenvalue weighted by molar-refractivity contribution is 5.87. The van der Waals surface area contributed by atoms with E-state index in [0.29, 0.717) is 23.0 Å². The van der Waals surface area contributed by atoms with Crippen LogP contribution in [-0.4, -0.2) is 24.8 Å². The second-order valence-corrected chi connectivity index (χ2v) is 9.79. The Morgan fingerprint density at radius 3 is 2.50 bits per heavy atom. The molecular formula is C21H32O3. The van der Waals surface area contributed by atoms with E-state index in [9.17, 15) is 4.79 Å². The molecule has 5 aliphatic rings. The summed E-state index contributed by atoms with van der Waals surface area (Å²) >= 11 is 0. The van der Waals surface area contributed by atoms with E-state index in [4.69, 9.17) is 9.47 Å². The van der Waals surface area contributed by atoms with Crippen molar-refractivity contribution in [3.8, 4) is 0 Å². The van der Waals surface area contributed by atoms with E-state index in [1.54, 1.807) is 0 Å². The zero-order valence-corrected chi connectivity index (χ0v) is 15.3. The van der Waals surface area contributed by atoms with Gasteiger partial charge in [-0.3, -0.25) is 4.79 Å². The molecule has 5 fully saturated rings. The third-order valence-corrected chi connectivity index (χ3v) is 9.13. The summed E-state index contributed by atoms with van der Waals surface area (Å²) in [5.41, 5.74) is 0.343.